The summed E-state index contributed by atoms with van der Waals surface area (Å²) in [4.78, 5) is 0. The maximum absolute atomic E-state index is 8.96. The summed E-state index contributed by atoms with van der Waals surface area (Å²) in [6, 6.07) is 0. The molecule has 0 radical (unpaired) electrons. The molecule has 0 saturated carbocycles. The second-order valence-corrected chi connectivity index (χ2v) is 5.42. The first-order valence-corrected chi connectivity index (χ1v) is 6.23. The predicted molar refractivity (Wildman–Crippen MR) is 76.1 cm³/mol. The summed E-state index contributed by atoms with van der Waals surface area (Å²) in [5.41, 5.74) is 2.58. The average Bonchev–Trinajstić information content (AvgIpc) is 2.25. The lowest BCUT2D eigenvalue weighted by Gasteiger charge is -2.19. The van der Waals surface area contributed by atoms with Crippen LogP contribution >= 0.6 is 0 Å². The lowest BCUT2D eigenvalue weighted by molar-refractivity contribution is 0.300. The summed E-state index contributed by atoms with van der Waals surface area (Å²) in [7, 11) is 0. The van der Waals surface area contributed by atoms with Gasteiger partial charge in [-0.25, -0.2) is 0 Å². The van der Waals surface area contributed by atoms with Crippen LogP contribution in [0.3, 0.4) is 0 Å². The normalized spacial score (nSPS) is 13.2. The fourth-order valence-corrected chi connectivity index (χ4v) is 1.59. The third-order valence-corrected chi connectivity index (χ3v) is 2.51. The summed E-state index contributed by atoms with van der Waals surface area (Å²) in [5.74, 6) is 0. The van der Waals surface area contributed by atoms with Gasteiger partial charge in [-0.15, -0.1) is 0 Å². The van der Waals surface area contributed by atoms with Gasteiger partial charge in [-0.3, -0.25) is 0 Å². The van der Waals surface area contributed by atoms with Gasteiger partial charge in [0.25, 0.3) is 0 Å². The lowest BCUT2D eigenvalue weighted by atomic mass is 9.96. The van der Waals surface area contributed by atoms with Crippen LogP contribution in [-0.2, 0) is 0 Å². The Morgan fingerprint density at radius 2 is 1.65 bits per heavy atom. The van der Waals surface area contributed by atoms with Gasteiger partial charge in [0.05, 0.1) is 0 Å². The Morgan fingerprint density at radius 3 is 2.06 bits per heavy atom. The molecule has 0 aliphatic rings. The Hall–Kier alpha value is -0.860. The second-order valence-electron chi connectivity index (χ2n) is 5.42. The molecule has 2 nitrogen and oxygen atoms in total. The van der Waals surface area contributed by atoms with E-state index in [0.29, 0.717) is 11.8 Å². The van der Waals surface area contributed by atoms with Crippen molar-refractivity contribution in [2.75, 3.05) is 19.7 Å². The smallest absolute Gasteiger partial charge is 0.0471 e. The van der Waals surface area contributed by atoms with E-state index in [2.05, 4.69) is 39.2 Å². The molecule has 0 aromatic rings. The highest BCUT2D eigenvalue weighted by Crippen LogP contribution is 2.15. The van der Waals surface area contributed by atoms with Crippen molar-refractivity contribution >= 4 is 0 Å². The maximum atomic E-state index is 8.96. The number of aliphatic hydroxyl groups excluding tert-OH is 1. The summed E-state index contributed by atoms with van der Waals surface area (Å²) in [5, 5.41) is 12.4. The molecule has 0 saturated heterocycles. The van der Waals surface area contributed by atoms with Crippen molar-refractivity contribution in [1.29, 1.82) is 0 Å². The molecule has 0 amide bonds. The molecule has 0 aliphatic heterocycles. The zero-order valence-electron chi connectivity index (χ0n) is 11.6. The molecule has 0 rings (SSSR count). The van der Waals surface area contributed by atoms with Crippen LogP contribution in [0.25, 0.3) is 0 Å². The minimum absolute atomic E-state index is 0.161. The first-order chi connectivity index (χ1) is 7.94. The van der Waals surface area contributed by atoms with Gasteiger partial charge < -0.3 is 10.4 Å². The molecule has 0 heterocycles. The van der Waals surface area contributed by atoms with Crippen molar-refractivity contribution in [2.24, 2.45) is 5.41 Å². The van der Waals surface area contributed by atoms with Gasteiger partial charge >= 0.3 is 0 Å². The number of allylic oxidation sites excluding steroid dienone is 2. The van der Waals surface area contributed by atoms with E-state index in [1.807, 2.05) is 12.2 Å². The van der Waals surface area contributed by atoms with Gasteiger partial charge in [0.15, 0.2) is 0 Å². The molecule has 0 bridgehead atoms. The lowest BCUT2D eigenvalue weighted by Crippen LogP contribution is -2.27. The van der Waals surface area contributed by atoms with Crippen molar-refractivity contribution in [3.05, 3.63) is 36.5 Å². The van der Waals surface area contributed by atoms with Crippen molar-refractivity contribution in [3.63, 3.8) is 0 Å². The quantitative estimate of drug-likeness (QED) is 0.502. The van der Waals surface area contributed by atoms with Crippen molar-refractivity contribution in [1.82, 2.24) is 5.32 Å². The fraction of sp³-hybridized carbons (Fsp3) is 0.600. The highest BCUT2D eigenvalue weighted by atomic mass is 16.2. The third-order valence-electron chi connectivity index (χ3n) is 2.51. The van der Waals surface area contributed by atoms with Gasteiger partial charge in [0.2, 0.25) is 0 Å². The van der Waals surface area contributed by atoms with Crippen LogP contribution in [0.4, 0.5) is 0 Å². The average molecular weight is 237 g/mol. The Morgan fingerprint density at radius 1 is 1.12 bits per heavy atom. The summed E-state index contributed by atoms with van der Waals surface area (Å²) >= 11 is 0. The zero-order valence-corrected chi connectivity index (χ0v) is 11.6. The number of hydrogen-bond donors (Lipinski definition) is 2. The molecule has 0 aromatic carbocycles. The summed E-state index contributed by atoms with van der Waals surface area (Å²) in [6.07, 6.45) is 5.27. The molecule has 17 heavy (non-hydrogen) atoms. The van der Waals surface area contributed by atoms with Gasteiger partial charge in [-0.1, -0.05) is 46.1 Å². The van der Waals surface area contributed by atoms with E-state index < -0.39 is 0 Å². The van der Waals surface area contributed by atoms with E-state index in [1.54, 1.807) is 0 Å². The van der Waals surface area contributed by atoms with E-state index >= 15 is 0 Å². The van der Waals surface area contributed by atoms with Gasteiger partial charge in [0.1, 0.15) is 0 Å². The van der Waals surface area contributed by atoms with Crippen LogP contribution in [-0.4, -0.2) is 24.8 Å². The maximum Gasteiger partial charge on any atom is 0.0471 e. The topological polar surface area (TPSA) is 32.3 Å². The van der Waals surface area contributed by atoms with Crippen LogP contribution in [0.2, 0.25) is 0 Å². The van der Waals surface area contributed by atoms with Crippen molar-refractivity contribution in [2.45, 2.75) is 33.6 Å². The number of aliphatic hydroxyl groups is 1. The van der Waals surface area contributed by atoms with Crippen molar-refractivity contribution < 1.29 is 5.11 Å². The van der Waals surface area contributed by atoms with Gasteiger partial charge in [-0.2, -0.15) is 0 Å². The Balaban J connectivity index is 4.22. The summed E-state index contributed by atoms with van der Waals surface area (Å²) < 4.78 is 0. The molecular formula is C15H27NO. The van der Waals surface area contributed by atoms with E-state index in [9.17, 15) is 0 Å². The van der Waals surface area contributed by atoms with Crippen LogP contribution in [0.15, 0.2) is 36.5 Å². The zero-order chi connectivity index (χ0) is 13.3. The third kappa shape index (κ3) is 7.94. The number of hydrogen-bond acceptors (Lipinski definition) is 2. The SMILES string of the molecule is C=C/C(CCO)=C(\C=C)CCNCC(C)(C)C. The fourth-order valence-electron chi connectivity index (χ4n) is 1.59. The van der Waals surface area contributed by atoms with Gasteiger partial charge in [0, 0.05) is 13.2 Å². The van der Waals surface area contributed by atoms with E-state index in [0.717, 1.165) is 25.1 Å². The predicted octanol–water partition coefficient (Wildman–Crippen LogP) is 3.06. The minimum Gasteiger partial charge on any atom is -0.396 e. The number of rotatable bonds is 8. The molecule has 0 aromatic heterocycles. The standard InChI is InChI=1S/C15H27NO/c1-6-13(14(7-2)9-11-17)8-10-16-12-15(3,4)5/h6-7,16-17H,1-2,8-12H2,3-5H3/b14-13-. The first kappa shape index (κ1) is 16.1. The van der Waals surface area contributed by atoms with E-state index in [-0.39, 0.29) is 6.61 Å². The molecule has 0 spiro atoms. The van der Waals surface area contributed by atoms with Crippen LogP contribution < -0.4 is 5.32 Å². The number of nitrogens with one attached hydrogen (secondary N) is 1. The summed E-state index contributed by atoms with van der Waals surface area (Å²) in [6.45, 7) is 16.3. The molecular weight excluding hydrogens is 210 g/mol. The Bertz CT molecular complexity index is 271. The molecule has 2 heteroatoms. The minimum atomic E-state index is 0.161. The molecule has 0 fully saturated rings. The molecule has 0 atom stereocenters. The Labute approximate surface area is 106 Å². The van der Waals surface area contributed by atoms with Crippen LogP contribution in [0.5, 0.6) is 0 Å². The Kier molecular flexibility index (Phi) is 7.85. The molecule has 2 N–H and O–H groups in total. The van der Waals surface area contributed by atoms with Crippen LogP contribution in [0.1, 0.15) is 33.6 Å². The molecule has 98 valence electrons. The second kappa shape index (κ2) is 8.26. The van der Waals surface area contributed by atoms with Crippen LogP contribution in [0, 0.1) is 5.41 Å². The van der Waals surface area contributed by atoms with E-state index in [1.165, 1.54) is 5.57 Å². The largest absolute Gasteiger partial charge is 0.396 e. The molecule has 0 unspecified atom stereocenters. The molecule has 0 aliphatic carbocycles. The first-order valence-electron chi connectivity index (χ1n) is 6.23. The highest BCUT2D eigenvalue weighted by molar-refractivity contribution is 5.31. The van der Waals surface area contributed by atoms with Crippen molar-refractivity contribution in [3.8, 4) is 0 Å². The highest BCUT2D eigenvalue weighted by Gasteiger charge is 2.08. The monoisotopic (exact) mass is 237 g/mol. The van der Waals surface area contributed by atoms with E-state index in [4.69, 9.17) is 5.11 Å². The van der Waals surface area contributed by atoms with Gasteiger partial charge in [-0.05, 0) is 35.9 Å².